The van der Waals surface area contributed by atoms with Gasteiger partial charge in [0.1, 0.15) is 0 Å². The van der Waals surface area contributed by atoms with Crippen LogP contribution in [-0.2, 0) is 6.42 Å². The molecule has 2 heteroatoms. The summed E-state index contributed by atoms with van der Waals surface area (Å²) >= 11 is 0. The van der Waals surface area contributed by atoms with Crippen LogP contribution < -0.4 is 10.6 Å². The summed E-state index contributed by atoms with van der Waals surface area (Å²) in [6.07, 6.45) is 7.80. The van der Waals surface area contributed by atoms with Crippen LogP contribution in [0.1, 0.15) is 51.5 Å². The maximum Gasteiger partial charge on any atom is 0.0419 e. The molecule has 0 radical (unpaired) electrons. The number of hydrogen-bond acceptors (Lipinski definition) is 2. The van der Waals surface area contributed by atoms with E-state index in [1.54, 1.807) is 0 Å². The van der Waals surface area contributed by atoms with Crippen LogP contribution in [0.4, 0.5) is 11.4 Å². The van der Waals surface area contributed by atoms with Gasteiger partial charge in [-0.2, -0.15) is 0 Å². The van der Waals surface area contributed by atoms with E-state index in [0.717, 1.165) is 11.6 Å². The summed E-state index contributed by atoms with van der Waals surface area (Å²) in [6.45, 7) is 7.00. The van der Waals surface area contributed by atoms with Gasteiger partial charge in [-0.05, 0) is 42.9 Å². The minimum atomic E-state index is 0.826. The Labute approximate surface area is 118 Å². The Kier molecular flexibility index (Phi) is 5.12. The summed E-state index contributed by atoms with van der Waals surface area (Å²) in [4.78, 5) is 2.57. The molecule has 0 saturated carbocycles. The predicted octanol–water partition coefficient (Wildman–Crippen LogP) is 4.24. The normalized spacial score (nSPS) is 16.2. The molecule has 19 heavy (non-hydrogen) atoms. The summed E-state index contributed by atoms with van der Waals surface area (Å²) < 4.78 is 0. The first kappa shape index (κ1) is 14.2. The first-order valence-electron chi connectivity index (χ1n) is 7.88. The van der Waals surface area contributed by atoms with E-state index in [1.807, 2.05) is 6.07 Å². The molecule has 1 aromatic carbocycles. The first-order chi connectivity index (χ1) is 9.24. The number of hydrogen-bond donors (Lipinski definition) is 1. The Bertz CT molecular complexity index is 400. The first-order valence-corrected chi connectivity index (χ1v) is 7.88. The standard InChI is InChI=1S/C17H28N2/c1-3-5-7-14(4-2)13-19-11-6-8-15-9-10-16(18)12-17(15)19/h9-10,12,14H,3-8,11,13,18H2,1-2H3. The van der Waals surface area contributed by atoms with E-state index < -0.39 is 0 Å². The number of nitrogens with two attached hydrogens (primary N) is 1. The van der Waals surface area contributed by atoms with Crippen molar-refractivity contribution in [2.75, 3.05) is 23.7 Å². The molecule has 1 aliphatic rings. The van der Waals surface area contributed by atoms with Gasteiger partial charge in [-0.1, -0.05) is 39.2 Å². The minimum absolute atomic E-state index is 0.826. The fourth-order valence-corrected chi connectivity index (χ4v) is 3.09. The zero-order chi connectivity index (χ0) is 13.7. The summed E-state index contributed by atoms with van der Waals surface area (Å²) in [5, 5.41) is 0. The molecule has 0 aromatic heterocycles. The van der Waals surface area contributed by atoms with Crippen molar-refractivity contribution in [3.05, 3.63) is 23.8 Å². The van der Waals surface area contributed by atoms with Gasteiger partial charge in [0.25, 0.3) is 0 Å². The average Bonchev–Trinajstić information content (AvgIpc) is 2.43. The van der Waals surface area contributed by atoms with Gasteiger partial charge in [-0.3, -0.25) is 0 Å². The lowest BCUT2D eigenvalue weighted by molar-refractivity contribution is 0.441. The Balaban J connectivity index is 2.07. The molecule has 1 aliphatic heterocycles. The number of nitrogen functional groups attached to an aromatic ring is 1. The minimum Gasteiger partial charge on any atom is -0.399 e. The monoisotopic (exact) mass is 260 g/mol. The molecule has 1 aromatic rings. The lowest BCUT2D eigenvalue weighted by atomic mass is 9.95. The lowest BCUT2D eigenvalue weighted by Crippen LogP contribution is -2.34. The summed E-state index contributed by atoms with van der Waals surface area (Å²) in [5.74, 6) is 0.826. The van der Waals surface area contributed by atoms with Crippen LogP contribution in [-0.4, -0.2) is 13.1 Å². The van der Waals surface area contributed by atoms with Crippen LogP contribution in [0, 0.1) is 5.92 Å². The van der Waals surface area contributed by atoms with E-state index in [2.05, 4.69) is 30.9 Å². The second-order valence-corrected chi connectivity index (χ2v) is 5.85. The fraction of sp³-hybridized carbons (Fsp3) is 0.647. The molecule has 0 saturated heterocycles. The van der Waals surface area contributed by atoms with Gasteiger partial charge in [0.15, 0.2) is 0 Å². The van der Waals surface area contributed by atoms with Gasteiger partial charge < -0.3 is 10.6 Å². The van der Waals surface area contributed by atoms with E-state index in [-0.39, 0.29) is 0 Å². The highest BCUT2D eigenvalue weighted by Crippen LogP contribution is 2.30. The van der Waals surface area contributed by atoms with Crippen molar-refractivity contribution in [2.24, 2.45) is 5.92 Å². The third-order valence-corrected chi connectivity index (χ3v) is 4.35. The van der Waals surface area contributed by atoms with Crippen molar-refractivity contribution < 1.29 is 0 Å². The molecule has 2 rings (SSSR count). The summed E-state index contributed by atoms with van der Waals surface area (Å²) in [6, 6.07) is 6.42. The van der Waals surface area contributed by atoms with Crippen LogP contribution in [0.15, 0.2) is 18.2 Å². The van der Waals surface area contributed by atoms with Crippen molar-refractivity contribution >= 4 is 11.4 Å². The summed E-state index contributed by atoms with van der Waals surface area (Å²) in [5.41, 5.74) is 9.72. The number of anilines is 2. The predicted molar refractivity (Wildman–Crippen MR) is 84.7 cm³/mol. The maximum absolute atomic E-state index is 5.96. The van der Waals surface area contributed by atoms with Gasteiger partial charge >= 0.3 is 0 Å². The van der Waals surface area contributed by atoms with Crippen molar-refractivity contribution in [3.63, 3.8) is 0 Å². The van der Waals surface area contributed by atoms with Crippen LogP contribution >= 0.6 is 0 Å². The molecule has 0 bridgehead atoms. The van der Waals surface area contributed by atoms with E-state index in [0.29, 0.717) is 0 Å². The molecule has 0 aliphatic carbocycles. The van der Waals surface area contributed by atoms with Crippen molar-refractivity contribution in [1.82, 2.24) is 0 Å². The highest BCUT2D eigenvalue weighted by molar-refractivity contribution is 5.62. The van der Waals surface area contributed by atoms with Gasteiger partial charge in [0.05, 0.1) is 0 Å². The second-order valence-electron chi connectivity index (χ2n) is 5.85. The topological polar surface area (TPSA) is 29.3 Å². The number of fused-ring (bicyclic) bond motifs is 1. The molecule has 1 atom stereocenters. The van der Waals surface area contributed by atoms with Crippen molar-refractivity contribution in [1.29, 1.82) is 0 Å². The number of unbranched alkanes of at least 4 members (excludes halogenated alkanes) is 1. The van der Waals surface area contributed by atoms with E-state index in [9.17, 15) is 0 Å². The van der Waals surface area contributed by atoms with Crippen molar-refractivity contribution in [3.8, 4) is 0 Å². The lowest BCUT2D eigenvalue weighted by Gasteiger charge is -2.34. The molecule has 2 nitrogen and oxygen atoms in total. The smallest absolute Gasteiger partial charge is 0.0419 e. The fourth-order valence-electron chi connectivity index (χ4n) is 3.09. The SMILES string of the molecule is CCCCC(CC)CN1CCCc2ccc(N)cc21. The second kappa shape index (κ2) is 6.83. The van der Waals surface area contributed by atoms with Crippen LogP contribution in [0.25, 0.3) is 0 Å². The third kappa shape index (κ3) is 3.65. The van der Waals surface area contributed by atoms with Crippen LogP contribution in [0.2, 0.25) is 0 Å². The third-order valence-electron chi connectivity index (χ3n) is 4.35. The van der Waals surface area contributed by atoms with Crippen LogP contribution in [0.5, 0.6) is 0 Å². The quantitative estimate of drug-likeness (QED) is 0.775. The average molecular weight is 260 g/mol. The maximum atomic E-state index is 5.96. The molecular formula is C17H28N2. The van der Waals surface area contributed by atoms with Gasteiger partial charge in [0.2, 0.25) is 0 Å². The van der Waals surface area contributed by atoms with Gasteiger partial charge in [-0.15, -0.1) is 0 Å². The molecular weight excluding hydrogens is 232 g/mol. The highest BCUT2D eigenvalue weighted by atomic mass is 15.1. The molecule has 1 heterocycles. The Morgan fingerprint density at radius 2 is 2.16 bits per heavy atom. The molecule has 1 unspecified atom stereocenters. The Morgan fingerprint density at radius 3 is 2.89 bits per heavy atom. The Morgan fingerprint density at radius 1 is 1.32 bits per heavy atom. The van der Waals surface area contributed by atoms with Gasteiger partial charge in [0, 0.05) is 24.5 Å². The molecule has 2 N–H and O–H groups in total. The van der Waals surface area contributed by atoms with E-state index in [1.165, 1.54) is 62.9 Å². The number of nitrogens with zero attached hydrogens (tertiary/aromatic N) is 1. The number of benzene rings is 1. The largest absolute Gasteiger partial charge is 0.399 e. The Hall–Kier alpha value is -1.18. The number of aryl methyl sites for hydroxylation is 1. The number of rotatable bonds is 6. The molecule has 0 fully saturated rings. The molecule has 0 amide bonds. The molecule has 106 valence electrons. The zero-order valence-electron chi connectivity index (χ0n) is 12.5. The van der Waals surface area contributed by atoms with Crippen molar-refractivity contribution in [2.45, 2.75) is 52.4 Å². The molecule has 0 spiro atoms. The van der Waals surface area contributed by atoms with Crippen LogP contribution in [0.3, 0.4) is 0 Å². The zero-order valence-corrected chi connectivity index (χ0v) is 12.5. The highest BCUT2D eigenvalue weighted by Gasteiger charge is 2.19. The van der Waals surface area contributed by atoms with E-state index >= 15 is 0 Å². The summed E-state index contributed by atoms with van der Waals surface area (Å²) in [7, 11) is 0. The van der Waals surface area contributed by atoms with E-state index in [4.69, 9.17) is 5.73 Å². The van der Waals surface area contributed by atoms with Gasteiger partial charge in [-0.25, -0.2) is 0 Å².